The summed E-state index contributed by atoms with van der Waals surface area (Å²) < 4.78 is 65.4. The highest BCUT2D eigenvalue weighted by Crippen LogP contribution is 2.46. The molecule has 28 heavy (non-hydrogen) atoms. The van der Waals surface area contributed by atoms with Crippen molar-refractivity contribution in [3.63, 3.8) is 0 Å². The lowest BCUT2D eigenvalue weighted by molar-refractivity contribution is -0.291. The summed E-state index contributed by atoms with van der Waals surface area (Å²) >= 11 is 5.64. The number of nitrogens with one attached hydrogen (secondary N) is 1. The number of aryl methyl sites for hydroxylation is 1. The molecule has 0 aliphatic heterocycles. The van der Waals surface area contributed by atoms with E-state index in [0.717, 1.165) is 18.2 Å². The van der Waals surface area contributed by atoms with Gasteiger partial charge in [-0.2, -0.15) is 27.1 Å². The van der Waals surface area contributed by atoms with Gasteiger partial charge in [0, 0.05) is 13.6 Å². The molecule has 1 amide bonds. The van der Waals surface area contributed by atoms with E-state index in [2.05, 4.69) is 10.4 Å². The SMILES string of the molecule is Cn1nc(C(F)(F)C(F)(F)F)c(Cl)c1C(=O)NCc1ccc(C(C)(C)C)cc1. The topological polar surface area (TPSA) is 46.9 Å². The first-order valence-electron chi connectivity index (χ1n) is 8.21. The third kappa shape index (κ3) is 4.29. The molecule has 4 nitrogen and oxygen atoms in total. The fourth-order valence-corrected chi connectivity index (χ4v) is 2.83. The van der Waals surface area contributed by atoms with Gasteiger partial charge >= 0.3 is 12.1 Å². The van der Waals surface area contributed by atoms with Crippen LogP contribution in [-0.2, 0) is 24.9 Å². The maximum atomic E-state index is 13.5. The van der Waals surface area contributed by atoms with E-state index in [1.807, 2.05) is 32.9 Å². The number of alkyl halides is 5. The molecule has 0 aliphatic rings. The van der Waals surface area contributed by atoms with Crippen LogP contribution in [0.5, 0.6) is 0 Å². The Morgan fingerprint density at radius 1 is 1.11 bits per heavy atom. The van der Waals surface area contributed by atoms with Gasteiger partial charge in [0.2, 0.25) is 0 Å². The highest BCUT2D eigenvalue weighted by atomic mass is 35.5. The summed E-state index contributed by atoms with van der Waals surface area (Å²) in [6, 6.07) is 7.35. The van der Waals surface area contributed by atoms with Gasteiger partial charge in [-0.05, 0) is 16.5 Å². The fraction of sp³-hybridized carbons (Fsp3) is 0.444. The molecule has 0 atom stereocenters. The summed E-state index contributed by atoms with van der Waals surface area (Å²) in [6.45, 7) is 6.17. The van der Waals surface area contributed by atoms with Crippen molar-refractivity contribution in [1.82, 2.24) is 15.1 Å². The normalized spacial score (nSPS) is 12.9. The fourth-order valence-electron chi connectivity index (χ4n) is 2.47. The van der Waals surface area contributed by atoms with Crippen LogP contribution in [0.15, 0.2) is 24.3 Å². The number of rotatable bonds is 4. The van der Waals surface area contributed by atoms with Gasteiger partial charge in [-0.15, -0.1) is 0 Å². The Labute approximate surface area is 163 Å². The van der Waals surface area contributed by atoms with Crippen molar-refractivity contribution in [1.29, 1.82) is 0 Å². The molecule has 2 aromatic rings. The summed E-state index contributed by atoms with van der Waals surface area (Å²) in [5.41, 5.74) is -0.531. The zero-order chi connectivity index (χ0) is 21.5. The quantitative estimate of drug-likeness (QED) is 0.707. The maximum Gasteiger partial charge on any atom is 0.459 e. The standard InChI is InChI=1S/C18H19ClF5N3O/c1-16(2,3)11-7-5-10(6-8-11)9-25-15(28)13-12(19)14(26-27(13)4)17(20,21)18(22,23)24/h5-8H,9H2,1-4H3,(H,25,28). The lowest BCUT2D eigenvalue weighted by atomic mass is 9.87. The molecule has 1 aromatic carbocycles. The molecule has 0 unspecified atom stereocenters. The first-order valence-corrected chi connectivity index (χ1v) is 8.59. The first-order chi connectivity index (χ1) is 12.7. The first kappa shape index (κ1) is 22.1. The molecule has 0 spiro atoms. The number of nitrogens with zero attached hydrogens (tertiary/aromatic N) is 2. The predicted octanol–water partition coefficient (Wildman–Crippen LogP) is 4.96. The molecule has 1 N–H and O–H groups in total. The van der Waals surface area contributed by atoms with Gasteiger partial charge in [-0.3, -0.25) is 9.48 Å². The Kier molecular flexibility index (Phi) is 5.81. The smallest absolute Gasteiger partial charge is 0.347 e. The van der Waals surface area contributed by atoms with Crippen molar-refractivity contribution in [3.05, 3.63) is 51.8 Å². The van der Waals surface area contributed by atoms with E-state index in [1.54, 1.807) is 12.1 Å². The number of carbonyl (C=O) groups is 1. The van der Waals surface area contributed by atoms with E-state index in [9.17, 15) is 26.7 Å². The molecule has 0 saturated carbocycles. The van der Waals surface area contributed by atoms with Gasteiger partial charge in [0.25, 0.3) is 5.91 Å². The summed E-state index contributed by atoms with van der Waals surface area (Å²) in [4.78, 5) is 12.3. The molecule has 0 radical (unpaired) electrons. The Morgan fingerprint density at radius 3 is 2.11 bits per heavy atom. The lowest BCUT2D eigenvalue weighted by Gasteiger charge is -2.19. The molecular formula is C18H19ClF5N3O. The minimum Gasteiger partial charge on any atom is -0.347 e. The number of amides is 1. The van der Waals surface area contributed by atoms with E-state index in [-0.39, 0.29) is 12.0 Å². The van der Waals surface area contributed by atoms with Gasteiger partial charge in [-0.1, -0.05) is 56.6 Å². The minimum absolute atomic E-state index is 0.0375. The second kappa shape index (κ2) is 7.35. The van der Waals surface area contributed by atoms with Crippen LogP contribution in [-0.4, -0.2) is 21.9 Å². The highest BCUT2D eigenvalue weighted by molar-refractivity contribution is 6.34. The van der Waals surface area contributed by atoms with Crippen LogP contribution in [0.3, 0.4) is 0 Å². The third-order valence-electron chi connectivity index (χ3n) is 4.13. The van der Waals surface area contributed by atoms with E-state index >= 15 is 0 Å². The zero-order valence-corrected chi connectivity index (χ0v) is 16.3. The molecule has 1 heterocycles. The average Bonchev–Trinajstić information content (AvgIpc) is 2.86. The summed E-state index contributed by atoms with van der Waals surface area (Å²) in [5.74, 6) is -6.19. The van der Waals surface area contributed by atoms with Crippen molar-refractivity contribution >= 4 is 17.5 Å². The van der Waals surface area contributed by atoms with Crippen LogP contribution in [0.25, 0.3) is 0 Å². The van der Waals surface area contributed by atoms with Crippen molar-refractivity contribution in [2.45, 2.75) is 44.8 Å². The van der Waals surface area contributed by atoms with Gasteiger partial charge in [0.15, 0.2) is 5.69 Å². The lowest BCUT2D eigenvalue weighted by Crippen LogP contribution is -2.34. The molecule has 0 fully saturated rings. The van der Waals surface area contributed by atoms with Gasteiger partial charge in [0.05, 0.1) is 0 Å². The maximum absolute atomic E-state index is 13.5. The number of hydrogen-bond donors (Lipinski definition) is 1. The number of hydrogen-bond acceptors (Lipinski definition) is 2. The van der Waals surface area contributed by atoms with Crippen LogP contribution in [0, 0.1) is 0 Å². The minimum atomic E-state index is -5.88. The number of benzene rings is 1. The number of aromatic nitrogens is 2. The predicted molar refractivity (Wildman–Crippen MR) is 94.5 cm³/mol. The average molecular weight is 424 g/mol. The summed E-state index contributed by atoms with van der Waals surface area (Å²) in [6.07, 6.45) is -5.88. The summed E-state index contributed by atoms with van der Waals surface area (Å²) in [7, 11) is 1.06. The van der Waals surface area contributed by atoms with Gasteiger partial charge in [-0.25, -0.2) is 0 Å². The van der Waals surface area contributed by atoms with E-state index < -0.39 is 34.4 Å². The Hall–Kier alpha value is -2.16. The van der Waals surface area contributed by atoms with Gasteiger partial charge < -0.3 is 5.32 Å². The molecule has 2 rings (SSSR count). The molecule has 0 aliphatic carbocycles. The van der Waals surface area contributed by atoms with Crippen LogP contribution in [0.1, 0.15) is 48.1 Å². The zero-order valence-electron chi connectivity index (χ0n) is 15.6. The second-order valence-electron chi connectivity index (χ2n) is 7.34. The van der Waals surface area contributed by atoms with Crippen LogP contribution in [0.2, 0.25) is 5.02 Å². The van der Waals surface area contributed by atoms with E-state index in [1.165, 1.54) is 0 Å². The van der Waals surface area contributed by atoms with Gasteiger partial charge in [0.1, 0.15) is 10.7 Å². The van der Waals surface area contributed by atoms with Crippen LogP contribution in [0.4, 0.5) is 22.0 Å². The molecule has 0 bridgehead atoms. The van der Waals surface area contributed by atoms with Crippen molar-refractivity contribution in [2.75, 3.05) is 0 Å². The van der Waals surface area contributed by atoms with Crippen molar-refractivity contribution in [3.8, 4) is 0 Å². The van der Waals surface area contributed by atoms with Crippen molar-refractivity contribution in [2.24, 2.45) is 7.05 Å². The van der Waals surface area contributed by atoms with E-state index in [0.29, 0.717) is 4.68 Å². The van der Waals surface area contributed by atoms with Crippen molar-refractivity contribution < 1.29 is 26.7 Å². The Bertz CT molecular complexity index is 867. The molecule has 154 valence electrons. The largest absolute Gasteiger partial charge is 0.459 e. The second-order valence-corrected chi connectivity index (χ2v) is 7.71. The number of halogens is 6. The molecule has 0 saturated heterocycles. The Morgan fingerprint density at radius 2 is 1.64 bits per heavy atom. The molecule has 1 aromatic heterocycles. The molecular weight excluding hydrogens is 405 g/mol. The third-order valence-corrected chi connectivity index (χ3v) is 4.49. The molecule has 10 heteroatoms. The van der Waals surface area contributed by atoms with Crippen LogP contribution >= 0.6 is 11.6 Å². The summed E-state index contributed by atoms with van der Waals surface area (Å²) in [5, 5.41) is 4.53. The number of carbonyl (C=O) groups excluding carboxylic acids is 1. The van der Waals surface area contributed by atoms with Crippen LogP contribution < -0.4 is 5.32 Å². The highest BCUT2D eigenvalue weighted by Gasteiger charge is 2.62. The Balaban J connectivity index is 2.20. The monoisotopic (exact) mass is 423 g/mol. The van der Waals surface area contributed by atoms with E-state index in [4.69, 9.17) is 11.6 Å².